The maximum atomic E-state index is 11.5. The molecule has 0 bridgehead atoms. The SMILES string of the molecule is COC[C@@H]1Cn2cc(Br)nc2C(=O)N1. The highest BCUT2D eigenvalue weighted by molar-refractivity contribution is 9.10. The van der Waals surface area contributed by atoms with E-state index in [1.54, 1.807) is 13.3 Å². The second kappa shape index (κ2) is 3.70. The Morgan fingerprint density at radius 3 is 3.36 bits per heavy atom. The lowest BCUT2D eigenvalue weighted by Crippen LogP contribution is -2.46. The number of hydrogen-bond donors (Lipinski definition) is 1. The summed E-state index contributed by atoms with van der Waals surface area (Å²) in [6.07, 6.45) is 1.80. The molecule has 1 aliphatic heterocycles. The molecule has 1 aliphatic rings. The van der Waals surface area contributed by atoms with Crippen molar-refractivity contribution in [1.82, 2.24) is 14.9 Å². The topological polar surface area (TPSA) is 56.2 Å². The summed E-state index contributed by atoms with van der Waals surface area (Å²) in [5.74, 6) is 0.299. The van der Waals surface area contributed by atoms with Crippen molar-refractivity contribution < 1.29 is 9.53 Å². The predicted octanol–water partition coefficient (Wildman–Crippen LogP) is 0.404. The first-order valence-electron chi connectivity index (χ1n) is 4.23. The molecule has 0 saturated heterocycles. The maximum absolute atomic E-state index is 11.5. The predicted molar refractivity (Wildman–Crippen MR) is 53.1 cm³/mol. The number of carbonyl (C=O) groups excluding carboxylic acids is 1. The van der Waals surface area contributed by atoms with Gasteiger partial charge in [0.05, 0.1) is 12.6 Å². The number of carbonyl (C=O) groups is 1. The fourth-order valence-corrected chi connectivity index (χ4v) is 1.95. The molecule has 0 spiro atoms. The van der Waals surface area contributed by atoms with Gasteiger partial charge in [0.25, 0.3) is 5.91 Å². The van der Waals surface area contributed by atoms with E-state index < -0.39 is 0 Å². The molecule has 2 rings (SSSR count). The van der Waals surface area contributed by atoms with Gasteiger partial charge in [-0.05, 0) is 15.9 Å². The number of imidazole rings is 1. The Labute approximate surface area is 89.6 Å². The van der Waals surface area contributed by atoms with E-state index in [0.717, 1.165) is 0 Å². The van der Waals surface area contributed by atoms with Gasteiger partial charge in [-0.15, -0.1) is 0 Å². The third-order valence-electron chi connectivity index (χ3n) is 2.07. The average Bonchev–Trinajstić information content (AvgIpc) is 2.47. The van der Waals surface area contributed by atoms with Gasteiger partial charge in [0.1, 0.15) is 4.60 Å². The number of halogens is 1. The van der Waals surface area contributed by atoms with Crippen molar-refractivity contribution in [3.63, 3.8) is 0 Å². The van der Waals surface area contributed by atoms with Crippen LogP contribution in [0.2, 0.25) is 0 Å². The van der Waals surface area contributed by atoms with Crippen LogP contribution < -0.4 is 5.32 Å². The number of nitrogens with zero attached hydrogens (tertiary/aromatic N) is 2. The van der Waals surface area contributed by atoms with Gasteiger partial charge in [-0.2, -0.15) is 0 Å². The van der Waals surface area contributed by atoms with E-state index >= 15 is 0 Å². The molecule has 0 fully saturated rings. The lowest BCUT2D eigenvalue weighted by molar-refractivity contribution is 0.0833. The monoisotopic (exact) mass is 259 g/mol. The van der Waals surface area contributed by atoms with Crippen LogP contribution in [-0.2, 0) is 11.3 Å². The van der Waals surface area contributed by atoms with Gasteiger partial charge < -0.3 is 14.6 Å². The highest BCUT2D eigenvalue weighted by Crippen LogP contribution is 2.14. The van der Waals surface area contributed by atoms with Crippen molar-refractivity contribution >= 4 is 21.8 Å². The van der Waals surface area contributed by atoms with Crippen LogP contribution in [0.1, 0.15) is 10.6 Å². The molecule has 0 radical (unpaired) electrons. The minimum absolute atomic E-state index is 0.0288. The normalized spacial score (nSPS) is 20.4. The molecule has 6 heteroatoms. The Bertz CT molecular complexity index is 363. The van der Waals surface area contributed by atoms with Crippen molar-refractivity contribution in [3.8, 4) is 0 Å². The largest absolute Gasteiger partial charge is 0.382 e. The molecular formula is C8H10BrN3O2. The number of rotatable bonds is 2. The zero-order valence-electron chi connectivity index (χ0n) is 7.66. The Balaban J connectivity index is 2.24. The summed E-state index contributed by atoms with van der Waals surface area (Å²) in [4.78, 5) is 15.6. The molecule has 14 heavy (non-hydrogen) atoms. The standard InChI is InChI=1S/C8H10BrN3O2/c1-14-4-5-2-12-3-6(9)11-7(12)8(13)10-5/h3,5H,2,4H2,1H3,(H,10,13)/t5-/m0/s1. The fraction of sp³-hybridized carbons (Fsp3) is 0.500. The quantitative estimate of drug-likeness (QED) is 0.837. The molecule has 2 heterocycles. The molecule has 1 amide bonds. The molecule has 0 aliphatic carbocycles. The highest BCUT2D eigenvalue weighted by atomic mass is 79.9. The smallest absolute Gasteiger partial charge is 0.287 e. The molecule has 1 aromatic rings. The first kappa shape index (κ1) is 9.67. The van der Waals surface area contributed by atoms with Crippen LogP contribution in [0.15, 0.2) is 10.8 Å². The maximum Gasteiger partial charge on any atom is 0.287 e. The van der Waals surface area contributed by atoms with Crippen molar-refractivity contribution in [2.24, 2.45) is 0 Å². The summed E-state index contributed by atoms with van der Waals surface area (Å²) in [6, 6.07) is 0.0288. The van der Waals surface area contributed by atoms with E-state index in [0.29, 0.717) is 23.6 Å². The van der Waals surface area contributed by atoms with E-state index in [9.17, 15) is 4.79 Å². The molecule has 76 valence electrons. The summed E-state index contributed by atoms with van der Waals surface area (Å²) in [5.41, 5.74) is 0. The molecule has 1 aromatic heterocycles. The highest BCUT2D eigenvalue weighted by Gasteiger charge is 2.25. The number of fused-ring (bicyclic) bond motifs is 1. The van der Waals surface area contributed by atoms with Gasteiger partial charge in [-0.3, -0.25) is 4.79 Å². The molecule has 0 saturated carbocycles. The summed E-state index contributed by atoms with van der Waals surface area (Å²) in [5, 5.41) is 2.82. The van der Waals surface area contributed by atoms with Crippen LogP contribution in [-0.4, -0.2) is 35.2 Å². The Kier molecular flexibility index (Phi) is 2.56. The van der Waals surface area contributed by atoms with Crippen LogP contribution >= 0.6 is 15.9 Å². The average molecular weight is 260 g/mol. The van der Waals surface area contributed by atoms with E-state index in [4.69, 9.17) is 4.74 Å². The van der Waals surface area contributed by atoms with Crippen LogP contribution in [0.25, 0.3) is 0 Å². The molecule has 0 aromatic carbocycles. The lowest BCUT2D eigenvalue weighted by atomic mass is 10.2. The summed E-state index contributed by atoms with van der Waals surface area (Å²) in [7, 11) is 1.62. The molecule has 5 nitrogen and oxygen atoms in total. The number of aromatic nitrogens is 2. The van der Waals surface area contributed by atoms with Crippen LogP contribution in [0.5, 0.6) is 0 Å². The molecule has 1 N–H and O–H groups in total. The van der Waals surface area contributed by atoms with Gasteiger partial charge in [-0.1, -0.05) is 0 Å². The van der Waals surface area contributed by atoms with Crippen molar-refractivity contribution in [3.05, 3.63) is 16.6 Å². The second-order valence-electron chi connectivity index (χ2n) is 3.17. The lowest BCUT2D eigenvalue weighted by Gasteiger charge is -2.23. The van der Waals surface area contributed by atoms with Crippen LogP contribution in [0.4, 0.5) is 0 Å². The van der Waals surface area contributed by atoms with Gasteiger partial charge in [0.15, 0.2) is 5.82 Å². The van der Waals surface area contributed by atoms with Crippen molar-refractivity contribution in [2.75, 3.05) is 13.7 Å². The minimum atomic E-state index is -0.149. The van der Waals surface area contributed by atoms with E-state index in [-0.39, 0.29) is 11.9 Å². The fourth-order valence-electron chi connectivity index (χ4n) is 1.53. The number of methoxy groups -OCH3 is 1. The van der Waals surface area contributed by atoms with E-state index in [2.05, 4.69) is 26.2 Å². The number of hydrogen-bond acceptors (Lipinski definition) is 3. The zero-order chi connectivity index (χ0) is 10.1. The molecule has 1 atom stereocenters. The van der Waals surface area contributed by atoms with Gasteiger partial charge in [0.2, 0.25) is 0 Å². The second-order valence-corrected chi connectivity index (χ2v) is 3.98. The Morgan fingerprint density at radius 2 is 2.64 bits per heavy atom. The minimum Gasteiger partial charge on any atom is -0.382 e. The van der Waals surface area contributed by atoms with E-state index in [1.165, 1.54) is 0 Å². The number of nitrogens with one attached hydrogen (secondary N) is 1. The third-order valence-corrected chi connectivity index (χ3v) is 2.45. The molecular weight excluding hydrogens is 250 g/mol. The third kappa shape index (κ3) is 1.67. The summed E-state index contributed by atoms with van der Waals surface area (Å²) < 4.78 is 7.50. The summed E-state index contributed by atoms with van der Waals surface area (Å²) in [6.45, 7) is 1.22. The first-order chi connectivity index (χ1) is 6.70. The van der Waals surface area contributed by atoms with Crippen LogP contribution in [0, 0.1) is 0 Å². The number of amides is 1. The summed E-state index contributed by atoms with van der Waals surface area (Å²) >= 11 is 3.24. The van der Waals surface area contributed by atoms with Gasteiger partial charge >= 0.3 is 0 Å². The zero-order valence-corrected chi connectivity index (χ0v) is 9.24. The number of ether oxygens (including phenoxy) is 1. The van der Waals surface area contributed by atoms with Crippen molar-refractivity contribution in [2.45, 2.75) is 12.6 Å². The van der Waals surface area contributed by atoms with E-state index in [1.807, 2.05) is 4.57 Å². The Hall–Kier alpha value is -0.880. The van der Waals surface area contributed by atoms with Crippen LogP contribution in [0.3, 0.4) is 0 Å². The molecule has 0 unspecified atom stereocenters. The van der Waals surface area contributed by atoms with Gasteiger partial charge in [-0.25, -0.2) is 4.98 Å². The van der Waals surface area contributed by atoms with Gasteiger partial charge in [0, 0.05) is 19.9 Å². The first-order valence-corrected chi connectivity index (χ1v) is 5.02. The van der Waals surface area contributed by atoms with Crippen molar-refractivity contribution in [1.29, 1.82) is 0 Å². The Morgan fingerprint density at radius 1 is 1.86 bits per heavy atom.